The molecule has 0 atom stereocenters. The summed E-state index contributed by atoms with van der Waals surface area (Å²) in [6.45, 7) is 0. The molecule has 238 valence electrons. The fourth-order valence-electron chi connectivity index (χ4n) is 6.45. The zero-order valence-electron chi connectivity index (χ0n) is 26.5. The Hall–Kier alpha value is -6.72. The zero-order valence-corrected chi connectivity index (χ0v) is 26.5. The van der Waals surface area contributed by atoms with Crippen molar-refractivity contribution in [1.82, 2.24) is 25.0 Å². The van der Waals surface area contributed by atoms with Gasteiger partial charge in [-0.05, 0) is 69.4 Å². The SMILES string of the molecule is C.c1ccc(-c2cc(-c3ccccc3)nc(-c3ccc(-c4cccc5ccc(-c6ccc(-n7nnc8ccccc87)cc6)cc45)cc3)n2)cc1. The van der Waals surface area contributed by atoms with E-state index in [1.165, 1.54) is 16.3 Å². The second kappa shape index (κ2) is 13.1. The number of hydrogen-bond donors (Lipinski definition) is 0. The minimum Gasteiger partial charge on any atom is -0.228 e. The summed E-state index contributed by atoms with van der Waals surface area (Å²) in [5, 5.41) is 11.1. The Morgan fingerprint density at radius 1 is 0.420 bits per heavy atom. The number of aromatic nitrogens is 5. The van der Waals surface area contributed by atoms with Gasteiger partial charge in [-0.2, -0.15) is 0 Å². The van der Waals surface area contributed by atoms with Gasteiger partial charge in [-0.15, -0.1) is 5.10 Å². The first-order valence-electron chi connectivity index (χ1n) is 16.3. The van der Waals surface area contributed by atoms with Crippen molar-refractivity contribution < 1.29 is 0 Å². The lowest BCUT2D eigenvalue weighted by molar-refractivity contribution is 0.824. The van der Waals surface area contributed by atoms with E-state index in [1.54, 1.807) is 0 Å². The predicted octanol–water partition coefficient (Wildman–Crippen LogP) is 11.3. The van der Waals surface area contributed by atoms with Crippen molar-refractivity contribution in [3.63, 3.8) is 0 Å². The first-order chi connectivity index (χ1) is 24.3. The van der Waals surface area contributed by atoms with Gasteiger partial charge in [0.05, 0.1) is 22.6 Å². The van der Waals surface area contributed by atoms with Crippen LogP contribution in [0.3, 0.4) is 0 Å². The van der Waals surface area contributed by atoms with Crippen LogP contribution in [0.25, 0.3) is 83.6 Å². The van der Waals surface area contributed by atoms with E-state index in [0.29, 0.717) is 5.82 Å². The van der Waals surface area contributed by atoms with Crippen molar-refractivity contribution in [2.75, 3.05) is 0 Å². The summed E-state index contributed by atoms with van der Waals surface area (Å²) in [6, 6.07) is 60.9. The number of hydrogen-bond acceptors (Lipinski definition) is 4. The molecule has 5 nitrogen and oxygen atoms in total. The lowest BCUT2D eigenvalue weighted by atomic mass is 9.94. The van der Waals surface area contributed by atoms with E-state index in [2.05, 4.69) is 126 Å². The molecule has 0 aliphatic heterocycles. The molecule has 0 unspecified atom stereocenters. The smallest absolute Gasteiger partial charge is 0.160 e. The fraction of sp³-hybridized carbons (Fsp3) is 0.0222. The number of benzene rings is 7. The van der Waals surface area contributed by atoms with Gasteiger partial charge in [-0.3, -0.25) is 0 Å². The predicted molar refractivity (Wildman–Crippen MR) is 206 cm³/mol. The molecule has 0 aliphatic carbocycles. The van der Waals surface area contributed by atoms with Crippen molar-refractivity contribution in [3.8, 4) is 61.8 Å². The van der Waals surface area contributed by atoms with Crippen molar-refractivity contribution in [1.29, 1.82) is 0 Å². The lowest BCUT2D eigenvalue weighted by Crippen LogP contribution is -1.96. The number of fused-ring (bicyclic) bond motifs is 2. The van der Waals surface area contributed by atoms with Gasteiger partial charge in [-0.1, -0.05) is 152 Å². The molecule has 0 bridgehead atoms. The van der Waals surface area contributed by atoms with Crippen LogP contribution in [0.2, 0.25) is 0 Å². The van der Waals surface area contributed by atoms with Crippen LogP contribution < -0.4 is 0 Å². The highest BCUT2D eigenvalue weighted by atomic mass is 15.4. The Morgan fingerprint density at radius 2 is 1.02 bits per heavy atom. The second-order valence-electron chi connectivity index (χ2n) is 12.0. The summed E-state index contributed by atoms with van der Waals surface area (Å²) in [5.74, 6) is 0.703. The topological polar surface area (TPSA) is 56.5 Å². The Morgan fingerprint density at radius 3 is 1.72 bits per heavy atom. The van der Waals surface area contributed by atoms with Gasteiger partial charge in [0, 0.05) is 16.7 Å². The number of rotatable bonds is 6. The van der Waals surface area contributed by atoms with E-state index >= 15 is 0 Å². The summed E-state index contributed by atoms with van der Waals surface area (Å²) >= 11 is 0. The van der Waals surface area contributed by atoms with E-state index in [9.17, 15) is 0 Å². The van der Waals surface area contributed by atoms with Crippen LogP contribution in [0.1, 0.15) is 7.43 Å². The molecular weight excluding hydrogens is 611 g/mol. The molecule has 50 heavy (non-hydrogen) atoms. The van der Waals surface area contributed by atoms with Crippen LogP contribution >= 0.6 is 0 Å². The van der Waals surface area contributed by atoms with Crippen LogP contribution in [0, 0.1) is 0 Å². The average molecular weight is 644 g/mol. The zero-order chi connectivity index (χ0) is 32.6. The van der Waals surface area contributed by atoms with Crippen LogP contribution in [0.15, 0.2) is 176 Å². The second-order valence-corrected chi connectivity index (χ2v) is 12.0. The first kappa shape index (κ1) is 30.6. The molecule has 0 saturated heterocycles. The van der Waals surface area contributed by atoms with Gasteiger partial charge in [-0.25, -0.2) is 14.6 Å². The van der Waals surface area contributed by atoms with Crippen LogP contribution in [-0.4, -0.2) is 25.0 Å². The maximum Gasteiger partial charge on any atom is 0.160 e. The first-order valence-corrected chi connectivity index (χ1v) is 16.3. The van der Waals surface area contributed by atoms with Gasteiger partial charge in [0.15, 0.2) is 5.82 Å². The summed E-state index contributed by atoms with van der Waals surface area (Å²) < 4.78 is 1.88. The Labute approximate surface area is 291 Å². The maximum absolute atomic E-state index is 5.01. The molecular formula is C45H33N5. The molecule has 5 heteroatoms. The molecule has 9 rings (SSSR count). The van der Waals surface area contributed by atoms with Gasteiger partial charge in [0.2, 0.25) is 0 Å². The van der Waals surface area contributed by atoms with Crippen LogP contribution in [0.4, 0.5) is 0 Å². The van der Waals surface area contributed by atoms with Crippen molar-refractivity contribution in [2.45, 2.75) is 7.43 Å². The highest BCUT2D eigenvalue weighted by Crippen LogP contribution is 2.34. The lowest BCUT2D eigenvalue weighted by Gasteiger charge is -2.12. The molecule has 2 heterocycles. The molecule has 0 N–H and O–H groups in total. The van der Waals surface area contributed by atoms with E-state index < -0.39 is 0 Å². The summed E-state index contributed by atoms with van der Waals surface area (Å²) in [4.78, 5) is 10.0. The minimum atomic E-state index is 0. The highest BCUT2D eigenvalue weighted by molar-refractivity contribution is 5.99. The van der Waals surface area contributed by atoms with Crippen LogP contribution in [-0.2, 0) is 0 Å². The van der Waals surface area contributed by atoms with E-state index in [1.807, 2.05) is 65.3 Å². The van der Waals surface area contributed by atoms with Gasteiger partial charge < -0.3 is 0 Å². The summed E-state index contributed by atoms with van der Waals surface area (Å²) in [7, 11) is 0. The molecule has 0 fully saturated rings. The van der Waals surface area contributed by atoms with Gasteiger partial charge in [0.1, 0.15) is 5.52 Å². The number of para-hydroxylation sites is 1. The number of nitrogens with zero attached hydrogens (tertiary/aromatic N) is 5. The van der Waals surface area contributed by atoms with Crippen molar-refractivity contribution >= 4 is 21.8 Å². The third kappa shape index (κ3) is 5.71. The molecule has 7 aromatic carbocycles. The minimum absolute atomic E-state index is 0. The third-order valence-corrected chi connectivity index (χ3v) is 9.00. The quantitative estimate of drug-likeness (QED) is 0.181. The fourth-order valence-corrected chi connectivity index (χ4v) is 6.45. The molecule has 0 radical (unpaired) electrons. The molecule has 9 aromatic rings. The van der Waals surface area contributed by atoms with Crippen LogP contribution in [0.5, 0.6) is 0 Å². The normalized spacial score (nSPS) is 11.0. The molecule has 0 aliphatic rings. The standard InChI is InChI=1S/C44H29N5.CH4/c1-3-10-33(11-4-1)41-29-42(34-12-5-2-6-13-34)46-44(45-41)35-21-18-32(19-22-35)38-15-9-14-31-20-23-36(28-39(31)38)30-24-26-37(27-25-30)49-43-17-8-7-16-40(43)47-48-49;/h1-29H;1H4. The Balaban J connectivity index is 0.00000361. The highest BCUT2D eigenvalue weighted by Gasteiger charge is 2.13. The summed E-state index contributed by atoms with van der Waals surface area (Å²) in [6.07, 6.45) is 0. The Kier molecular flexibility index (Phi) is 7.99. The van der Waals surface area contributed by atoms with E-state index in [0.717, 1.165) is 61.5 Å². The van der Waals surface area contributed by atoms with Gasteiger partial charge >= 0.3 is 0 Å². The molecule has 2 aromatic heterocycles. The van der Waals surface area contributed by atoms with Crippen molar-refractivity contribution in [2.24, 2.45) is 0 Å². The molecule has 0 saturated carbocycles. The summed E-state index contributed by atoms with van der Waals surface area (Å²) in [5.41, 5.74) is 12.4. The molecule has 0 amide bonds. The monoisotopic (exact) mass is 643 g/mol. The van der Waals surface area contributed by atoms with Crippen molar-refractivity contribution in [3.05, 3.63) is 176 Å². The maximum atomic E-state index is 5.01. The van der Waals surface area contributed by atoms with E-state index in [4.69, 9.17) is 9.97 Å². The Bertz CT molecular complexity index is 2520. The average Bonchev–Trinajstić information content (AvgIpc) is 3.62. The van der Waals surface area contributed by atoms with E-state index in [-0.39, 0.29) is 7.43 Å². The largest absolute Gasteiger partial charge is 0.228 e. The third-order valence-electron chi connectivity index (χ3n) is 9.00. The molecule has 0 spiro atoms. The van der Waals surface area contributed by atoms with Gasteiger partial charge in [0.25, 0.3) is 0 Å².